The first-order valence-electron chi connectivity index (χ1n) is 5.15. The molecule has 0 spiro atoms. The van der Waals surface area contributed by atoms with Crippen LogP contribution in [0.25, 0.3) is 5.57 Å². The molecule has 0 aliphatic heterocycles. The average molecular weight is 188 g/mol. The molecule has 0 amide bonds. The van der Waals surface area contributed by atoms with Crippen LogP contribution in [0.5, 0.6) is 0 Å². The monoisotopic (exact) mass is 188 g/mol. The molecule has 1 heteroatoms. The van der Waals surface area contributed by atoms with E-state index in [1.54, 1.807) is 0 Å². The van der Waals surface area contributed by atoms with Crippen molar-refractivity contribution < 1.29 is 5.11 Å². The topological polar surface area (TPSA) is 20.2 Å². The Hall–Kier alpha value is -1.08. The van der Waals surface area contributed by atoms with Gasteiger partial charge in [-0.15, -0.1) is 0 Å². The van der Waals surface area contributed by atoms with Crippen LogP contribution in [0.2, 0.25) is 0 Å². The van der Waals surface area contributed by atoms with Crippen LogP contribution in [-0.4, -0.2) is 11.7 Å². The van der Waals surface area contributed by atoms with Crippen molar-refractivity contribution in [3.8, 4) is 0 Å². The summed E-state index contributed by atoms with van der Waals surface area (Å²) in [7, 11) is 0. The fraction of sp³-hybridized carbons (Fsp3) is 0.385. The molecule has 0 bridgehead atoms. The summed E-state index contributed by atoms with van der Waals surface area (Å²) in [6.07, 6.45) is 3.10. The van der Waals surface area contributed by atoms with E-state index < -0.39 is 0 Å². The van der Waals surface area contributed by atoms with Gasteiger partial charge < -0.3 is 5.11 Å². The minimum absolute atomic E-state index is 0.161. The van der Waals surface area contributed by atoms with E-state index in [2.05, 4.69) is 38.1 Å². The van der Waals surface area contributed by atoms with Gasteiger partial charge in [-0.05, 0) is 34.6 Å². The quantitative estimate of drug-likeness (QED) is 0.756. The maximum atomic E-state index is 9.17. The molecule has 74 valence electrons. The third kappa shape index (κ3) is 1.48. The van der Waals surface area contributed by atoms with Gasteiger partial charge in [-0.25, -0.2) is 0 Å². The van der Waals surface area contributed by atoms with E-state index in [1.807, 2.05) is 0 Å². The number of hydrogen-bond acceptors (Lipinski definition) is 1. The van der Waals surface area contributed by atoms with Crippen molar-refractivity contribution in [2.75, 3.05) is 6.61 Å². The van der Waals surface area contributed by atoms with E-state index in [4.69, 9.17) is 0 Å². The number of aliphatic hydroxyl groups excluding tert-OH is 1. The van der Waals surface area contributed by atoms with Crippen LogP contribution < -0.4 is 0 Å². The van der Waals surface area contributed by atoms with Crippen molar-refractivity contribution >= 4 is 5.57 Å². The molecule has 1 N–H and O–H groups in total. The van der Waals surface area contributed by atoms with Gasteiger partial charge in [-0.3, -0.25) is 0 Å². The lowest BCUT2D eigenvalue weighted by molar-refractivity contribution is 0.350. The summed E-state index contributed by atoms with van der Waals surface area (Å²) in [5.74, 6) is 0.556. The second-order valence-corrected chi connectivity index (χ2v) is 4.16. The lowest BCUT2D eigenvalue weighted by Crippen LogP contribution is -1.93. The van der Waals surface area contributed by atoms with E-state index in [1.165, 1.54) is 16.7 Å². The maximum Gasteiger partial charge on any atom is 0.0684 e. The van der Waals surface area contributed by atoms with Crippen molar-refractivity contribution in [1.82, 2.24) is 0 Å². The zero-order valence-corrected chi connectivity index (χ0v) is 8.75. The van der Waals surface area contributed by atoms with Crippen molar-refractivity contribution in [3.63, 3.8) is 0 Å². The van der Waals surface area contributed by atoms with Crippen LogP contribution in [0.15, 0.2) is 24.3 Å². The fourth-order valence-electron chi connectivity index (χ4n) is 1.92. The van der Waals surface area contributed by atoms with Crippen LogP contribution in [0.4, 0.5) is 0 Å². The second-order valence-electron chi connectivity index (χ2n) is 4.16. The van der Waals surface area contributed by atoms with Gasteiger partial charge in [0.15, 0.2) is 0 Å². The Balaban J connectivity index is 2.43. The summed E-state index contributed by atoms with van der Waals surface area (Å²) in [6, 6.07) is 6.59. The molecule has 1 aromatic carbocycles. The third-order valence-electron chi connectivity index (χ3n) is 2.89. The first-order chi connectivity index (χ1) is 6.72. The molecule has 1 aliphatic rings. The molecular weight excluding hydrogens is 172 g/mol. The molecule has 2 rings (SSSR count). The molecule has 14 heavy (non-hydrogen) atoms. The summed E-state index contributed by atoms with van der Waals surface area (Å²) in [4.78, 5) is 0. The van der Waals surface area contributed by atoms with Gasteiger partial charge in [0, 0.05) is 0 Å². The Morgan fingerprint density at radius 2 is 2.14 bits per heavy atom. The first-order valence-corrected chi connectivity index (χ1v) is 5.15. The van der Waals surface area contributed by atoms with Crippen LogP contribution in [0.1, 0.15) is 36.5 Å². The molecule has 0 heterocycles. The highest BCUT2D eigenvalue weighted by atomic mass is 16.3. The zero-order chi connectivity index (χ0) is 10.1. The van der Waals surface area contributed by atoms with Gasteiger partial charge in [0.05, 0.1) is 6.61 Å². The first kappa shape index (κ1) is 9.47. The Labute approximate surface area is 85.1 Å². The minimum Gasteiger partial charge on any atom is -0.392 e. The number of benzene rings is 1. The highest BCUT2D eigenvalue weighted by Crippen LogP contribution is 2.29. The Bertz CT molecular complexity index is 375. The number of hydrogen-bond donors (Lipinski definition) is 1. The summed E-state index contributed by atoms with van der Waals surface area (Å²) in [6.45, 7) is 4.55. The van der Waals surface area contributed by atoms with Gasteiger partial charge in [0.25, 0.3) is 0 Å². The Morgan fingerprint density at radius 3 is 2.79 bits per heavy atom. The SMILES string of the molecule is CC(C)c1ccc2c(c1)C(CO)=CC2. The van der Waals surface area contributed by atoms with E-state index in [0.29, 0.717) is 5.92 Å². The van der Waals surface area contributed by atoms with E-state index in [-0.39, 0.29) is 6.61 Å². The summed E-state index contributed by atoms with van der Waals surface area (Å²) in [5.41, 5.74) is 5.03. The molecule has 1 aromatic rings. The molecule has 1 nitrogen and oxygen atoms in total. The Morgan fingerprint density at radius 1 is 1.36 bits per heavy atom. The predicted octanol–water partition coefficient (Wildman–Crippen LogP) is 2.74. The van der Waals surface area contributed by atoms with E-state index in [9.17, 15) is 5.11 Å². The molecule has 0 aromatic heterocycles. The summed E-state index contributed by atoms with van der Waals surface area (Å²) >= 11 is 0. The molecule has 0 saturated heterocycles. The van der Waals surface area contributed by atoms with Gasteiger partial charge in [-0.2, -0.15) is 0 Å². The lowest BCUT2D eigenvalue weighted by Gasteiger charge is -2.09. The largest absolute Gasteiger partial charge is 0.392 e. The number of aliphatic hydroxyl groups is 1. The second kappa shape index (κ2) is 3.58. The molecule has 0 radical (unpaired) electrons. The molecule has 0 saturated carbocycles. The van der Waals surface area contributed by atoms with Crippen LogP contribution in [0.3, 0.4) is 0 Å². The average Bonchev–Trinajstić information content (AvgIpc) is 2.59. The van der Waals surface area contributed by atoms with Gasteiger partial charge in [0.2, 0.25) is 0 Å². The maximum absolute atomic E-state index is 9.17. The molecule has 0 atom stereocenters. The highest BCUT2D eigenvalue weighted by molar-refractivity contribution is 5.74. The standard InChI is InChI=1S/C13H16O/c1-9(2)11-5-3-10-4-6-12(8-14)13(10)7-11/h3,5-7,9,14H,4,8H2,1-2H3. The van der Waals surface area contributed by atoms with Crippen molar-refractivity contribution in [2.24, 2.45) is 0 Å². The molecule has 0 fully saturated rings. The molecule has 1 aliphatic carbocycles. The van der Waals surface area contributed by atoms with Gasteiger partial charge in [0.1, 0.15) is 0 Å². The van der Waals surface area contributed by atoms with Crippen LogP contribution >= 0.6 is 0 Å². The van der Waals surface area contributed by atoms with E-state index >= 15 is 0 Å². The zero-order valence-electron chi connectivity index (χ0n) is 8.75. The van der Waals surface area contributed by atoms with Gasteiger partial charge in [-0.1, -0.05) is 38.1 Å². The minimum atomic E-state index is 0.161. The Kier molecular flexibility index (Phi) is 2.42. The molecule has 0 unspecified atom stereocenters. The van der Waals surface area contributed by atoms with E-state index in [0.717, 1.165) is 12.0 Å². The summed E-state index contributed by atoms with van der Waals surface area (Å²) < 4.78 is 0. The van der Waals surface area contributed by atoms with Crippen molar-refractivity contribution in [2.45, 2.75) is 26.2 Å². The number of rotatable bonds is 2. The normalized spacial score (nSPS) is 14.4. The number of fused-ring (bicyclic) bond motifs is 1. The highest BCUT2D eigenvalue weighted by Gasteiger charge is 2.14. The van der Waals surface area contributed by atoms with Crippen molar-refractivity contribution in [1.29, 1.82) is 0 Å². The lowest BCUT2D eigenvalue weighted by atomic mass is 9.96. The summed E-state index contributed by atoms with van der Waals surface area (Å²) in [5, 5.41) is 9.17. The molecular formula is C13H16O. The smallest absolute Gasteiger partial charge is 0.0684 e. The predicted molar refractivity (Wildman–Crippen MR) is 59.3 cm³/mol. The van der Waals surface area contributed by atoms with Crippen LogP contribution in [-0.2, 0) is 6.42 Å². The van der Waals surface area contributed by atoms with Crippen LogP contribution in [0, 0.1) is 0 Å². The third-order valence-corrected chi connectivity index (χ3v) is 2.89. The van der Waals surface area contributed by atoms with Gasteiger partial charge >= 0.3 is 0 Å². The fourth-order valence-corrected chi connectivity index (χ4v) is 1.92. The number of allylic oxidation sites excluding steroid dienone is 1. The van der Waals surface area contributed by atoms with Crippen molar-refractivity contribution in [3.05, 3.63) is 41.0 Å².